The summed E-state index contributed by atoms with van der Waals surface area (Å²) in [5, 5.41) is 4.47. The zero-order chi connectivity index (χ0) is 19.5. The number of rotatable bonds is 2. The fraction of sp³-hybridized carbons (Fsp3) is 0.429. The molecule has 4 rings (SSSR count). The van der Waals surface area contributed by atoms with Crippen LogP contribution in [0.2, 0.25) is 0 Å². The highest BCUT2D eigenvalue weighted by molar-refractivity contribution is 6.00. The van der Waals surface area contributed by atoms with Gasteiger partial charge in [-0.05, 0) is 24.3 Å². The maximum atomic E-state index is 13.2. The molecule has 1 aliphatic heterocycles. The van der Waals surface area contributed by atoms with Gasteiger partial charge in [-0.2, -0.15) is 4.98 Å². The second-order valence-electron chi connectivity index (χ2n) is 8.41. The largest absolute Gasteiger partial charge is 0.317 e. The predicted octanol–water partition coefficient (Wildman–Crippen LogP) is 3.47. The Hall–Kier alpha value is -2.76. The fourth-order valence-corrected chi connectivity index (χ4v) is 4.08. The summed E-state index contributed by atoms with van der Waals surface area (Å²) in [4.78, 5) is 31.5. The van der Waals surface area contributed by atoms with Gasteiger partial charge in [-0.25, -0.2) is 4.68 Å². The summed E-state index contributed by atoms with van der Waals surface area (Å²) in [6.07, 6.45) is 1.29. The lowest BCUT2D eigenvalue weighted by Gasteiger charge is -2.41. The van der Waals surface area contributed by atoms with Crippen LogP contribution in [0.1, 0.15) is 61.4 Å². The predicted molar refractivity (Wildman–Crippen MR) is 103 cm³/mol. The number of benzene rings is 1. The monoisotopic (exact) mass is 364 g/mol. The van der Waals surface area contributed by atoms with Crippen molar-refractivity contribution in [3.63, 3.8) is 0 Å². The van der Waals surface area contributed by atoms with E-state index >= 15 is 0 Å². The maximum Gasteiger partial charge on any atom is 0.229 e. The van der Waals surface area contributed by atoms with Gasteiger partial charge in [0.05, 0.1) is 0 Å². The summed E-state index contributed by atoms with van der Waals surface area (Å²) in [7, 11) is 1.90. The molecule has 1 aliphatic carbocycles. The molecule has 27 heavy (non-hydrogen) atoms. The van der Waals surface area contributed by atoms with E-state index in [1.165, 1.54) is 6.92 Å². The molecule has 1 aromatic carbocycles. The first-order valence-electron chi connectivity index (χ1n) is 9.22. The number of carbonyl (C=O) groups excluding carboxylic acids is 2. The number of aromatic nitrogens is 3. The van der Waals surface area contributed by atoms with Crippen molar-refractivity contribution in [1.29, 1.82) is 0 Å². The van der Waals surface area contributed by atoms with Gasteiger partial charge in [0.1, 0.15) is 6.04 Å². The van der Waals surface area contributed by atoms with Crippen LogP contribution in [-0.2, 0) is 4.79 Å². The highest BCUT2D eigenvalue weighted by Crippen LogP contribution is 2.47. The van der Waals surface area contributed by atoms with Crippen LogP contribution in [0.3, 0.4) is 0 Å². The zero-order valence-corrected chi connectivity index (χ0v) is 16.4. The Balaban J connectivity index is 1.97. The molecule has 2 aromatic rings. The van der Waals surface area contributed by atoms with E-state index < -0.39 is 0 Å². The highest BCUT2D eigenvalue weighted by Gasteiger charge is 2.44. The van der Waals surface area contributed by atoms with Crippen LogP contribution >= 0.6 is 0 Å². The summed E-state index contributed by atoms with van der Waals surface area (Å²) in [5.41, 5.74) is 3.79. The lowest BCUT2D eigenvalue weighted by molar-refractivity contribution is -0.118. The average molecular weight is 364 g/mol. The lowest BCUT2D eigenvalue weighted by Crippen LogP contribution is -2.40. The molecule has 140 valence electrons. The Morgan fingerprint density at radius 2 is 1.85 bits per heavy atom. The summed E-state index contributed by atoms with van der Waals surface area (Å²) in [5.74, 6) is 0.748. The van der Waals surface area contributed by atoms with Gasteiger partial charge in [0.15, 0.2) is 11.6 Å². The molecule has 6 heteroatoms. The molecule has 0 bridgehead atoms. The van der Waals surface area contributed by atoms with Gasteiger partial charge < -0.3 is 4.90 Å². The fourth-order valence-electron chi connectivity index (χ4n) is 4.08. The van der Waals surface area contributed by atoms with Crippen LogP contribution in [0.4, 0.5) is 5.95 Å². The summed E-state index contributed by atoms with van der Waals surface area (Å²) in [6, 6.07) is 7.78. The molecule has 0 saturated heterocycles. The van der Waals surface area contributed by atoms with Crippen molar-refractivity contribution in [2.24, 2.45) is 5.41 Å². The zero-order valence-electron chi connectivity index (χ0n) is 16.4. The molecule has 2 heterocycles. The third-order valence-corrected chi connectivity index (χ3v) is 5.44. The second kappa shape index (κ2) is 5.87. The van der Waals surface area contributed by atoms with Crippen LogP contribution in [0, 0.1) is 12.3 Å². The van der Waals surface area contributed by atoms with E-state index in [2.05, 4.69) is 23.9 Å². The Morgan fingerprint density at radius 1 is 1.19 bits per heavy atom. The third kappa shape index (κ3) is 2.80. The quantitative estimate of drug-likeness (QED) is 0.763. The van der Waals surface area contributed by atoms with Crippen molar-refractivity contribution in [2.45, 2.75) is 46.6 Å². The van der Waals surface area contributed by atoms with Crippen molar-refractivity contribution in [3.8, 4) is 0 Å². The highest BCUT2D eigenvalue weighted by atomic mass is 16.1. The number of fused-ring (bicyclic) bond motifs is 1. The standard InChI is InChI=1S/C21H24N4O2/c1-12-6-8-14(9-7-12)18-17-15(10-21(3,4)11-16(17)27)24(5)20-22-19(13(2)26)23-25(18)20/h6-9,18H,10-11H2,1-5H3. The molecule has 6 nitrogen and oxygen atoms in total. The normalized spacial score (nSPS) is 21.1. The number of nitrogens with zero attached hydrogens (tertiary/aromatic N) is 4. The molecule has 1 unspecified atom stereocenters. The minimum absolute atomic E-state index is 0.104. The van der Waals surface area contributed by atoms with Crippen molar-refractivity contribution < 1.29 is 9.59 Å². The molecular formula is C21H24N4O2. The number of hydrogen-bond acceptors (Lipinski definition) is 5. The van der Waals surface area contributed by atoms with Crippen LogP contribution in [0.15, 0.2) is 35.5 Å². The molecule has 0 amide bonds. The minimum atomic E-state index is -0.351. The average Bonchev–Trinajstić information content (AvgIpc) is 3.02. The number of Topliss-reactive ketones (excluding diaryl/α,β-unsaturated/α-hetero) is 2. The number of allylic oxidation sites excluding steroid dienone is 2. The van der Waals surface area contributed by atoms with Gasteiger partial charge >= 0.3 is 0 Å². The summed E-state index contributed by atoms with van der Waals surface area (Å²) < 4.78 is 1.73. The van der Waals surface area contributed by atoms with Gasteiger partial charge in [0.2, 0.25) is 11.8 Å². The van der Waals surface area contributed by atoms with Crippen LogP contribution in [0.5, 0.6) is 0 Å². The lowest BCUT2D eigenvalue weighted by atomic mass is 9.72. The Kier molecular flexibility index (Phi) is 3.84. The Bertz CT molecular complexity index is 982. The van der Waals surface area contributed by atoms with Gasteiger partial charge in [-0.15, -0.1) is 5.10 Å². The van der Waals surface area contributed by atoms with Crippen LogP contribution in [0.25, 0.3) is 0 Å². The molecule has 0 N–H and O–H groups in total. The number of aryl methyl sites for hydroxylation is 1. The molecule has 0 spiro atoms. The van der Waals surface area contributed by atoms with E-state index in [1.54, 1.807) is 4.68 Å². The van der Waals surface area contributed by atoms with Gasteiger partial charge in [0, 0.05) is 31.7 Å². The first kappa shape index (κ1) is 17.6. The molecule has 2 aliphatic rings. The van der Waals surface area contributed by atoms with E-state index in [9.17, 15) is 9.59 Å². The van der Waals surface area contributed by atoms with E-state index in [1.807, 2.05) is 43.1 Å². The smallest absolute Gasteiger partial charge is 0.229 e. The van der Waals surface area contributed by atoms with Crippen molar-refractivity contribution in [3.05, 3.63) is 52.5 Å². The molecular weight excluding hydrogens is 340 g/mol. The van der Waals surface area contributed by atoms with Crippen molar-refractivity contribution in [1.82, 2.24) is 14.8 Å². The summed E-state index contributed by atoms with van der Waals surface area (Å²) >= 11 is 0. The first-order valence-corrected chi connectivity index (χ1v) is 9.22. The third-order valence-electron chi connectivity index (χ3n) is 5.44. The number of ketones is 2. The molecule has 0 radical (unpaired) electrons. The van der Waals surface area contributed by atoms with Crippen LogP contribution in [-0.4, -0.2) is 33.4 Å². The number of anilines is 1. The number of hydrogen-bond donors (Lipinski definition) is 0. The van der Waals surface area contributed by atoms with Gasteiger partial charge in [-0.3, -0.25) is 9.59 Å². The molecule has 1 aromatic heterocycles. The van der Waals surface area contributed by atoms with Crippen molar-refractivity contribution >= 4 is 17.5 Å². The minimum Gasteiger partial charge on any atom is -0.317 e. The van der Waals surface area contributed by atoms with E-state index in [0.29, 0.717) is 12.4 Å². The Labute approximate surface area is 158 Å². The van der Waals surface area contributed by atoms with Gasteiger partial charge in [0.25, 0.3) is 0 Å². The maximum absolute atomic E-state index is 13.2. The van der Waals surface area contributed by atoms with Gasteiger partial charge in [-0.1, -0.05) is 43.7 Å². The van der Waals surface area contributed by atoms with E-state index in [-0.39, 0.29) is 28.8 Å². The van der Waals surface area contributed by atoms with E-state index in [0.717, 1.165) is 28.8 Å². The molecule has 0 fully saturated rings. The topological polar surface area (TPSA) is 68.1 Å². The van der Waals surface area contributed by atoms with E-state index in [4.69, 9.17) is 0 Å². The Morgan fingerprint density at radius 3 is 2.48 bits per heavy atom. The molecule has 1 atom stereocenters. The SMILES string of the molecule is CC(=O)c1nc2n(n1)C(c1ccc(C)cc1)C1=C(CC(C)(C)CC1=O)N2C. The first-order chi connectivity index (χ1) is 12.7. The molecule has 0 saturated carbocycles. The number of carbonyl (C=O) groups is 2. The second-order valence-corrected chi connectivity index (χ2v) is 8.41. The van der Waals surface area contributed by atoms with Crippen LogP contribution < -0.4 is 4.90 Å². The van der Waals surface area contributed by atoms with Crippen molar-refractivity contribution in [2.75, 3.05) is 11.9 Å². The summed E-state index contributed by atoms with van der Waals surface area (Å²) in [6.45, 7) is 7.73.